The van der Waals surface area contributed by atoms with Gasteiger partial charge >= 0.3 is 0 Å². The molecule has 0 unspecified atom stereocenters. The van der Waals surface area contributed by atoms with Crippen molar-refractivity contribution in [2.45, 2.75) is 27.2 Å². The van der Waals surface area contributed by atoms with Crippen LogP contribution in [0.5, 0.6) is 0 Å². The molecule has 0 saturated heterocycles. The van der Waals surface area contributed by atoms with Gasteiger partial charge in [-0.05, 0) is 31.2 Å². The maximum Gasteiger partial charge on any atom is 0.242 e. The Morgan fingerprint density at radius 3 is 2.67 bits per heavy atom. The Bertz CT molecular complexity index is 373. The van der Waals surface area contributed by atoms with Crippen molar-refractivity contribution in [1.82, 2.24) is 0 Å². The number of rotatable bonds is 7. The first-order chi connectivity index (χ1) is 8.61. The molecule has 5 heteroatoms. The molecule has 0 aromatic carbocycles. The molecule has 0 aliphatic heterocycles. The number of hydrogen-bond acceptors (Lipinski definition) is 3. The molecule has 3 nitrogen and oxygen atoms in total. The van der Waals surface area contributed by atoms with E-state index in [0.717, 1.165) is 29.2 Å². The zero-order chi connectivity index (χ0) is 13.5. The van der Waals surface area contributed by atoms with Gasteiger partial charge in [-0.3, -0.25) is 4.79 Å². The number of halogens is 1. The van der Waals surface area contributed by atoms with Crippen molar-refractivity contribution in [3.63, 3.8) is 0 Å². The lowest BCUT2D eigenvalue weighted by atomic mass is 10.2. The van der Waals surface area contributed by atoms with E-state index in [1.54, 1.807) is 16.2 Å². The summed E-state index contributed by atoms with van der Waals surface area (Å²) in [5, 5.41) is 2.06. The number of anilines is 1. The van der Waals surface area contributed by atoms with Crippen LogP contribution >= 0.6 is 22.9 Å². The van der Waals surface area contributed by atoms with E-state index in [0.29, 0.717) is 13.2 Å². The van der Waals surface area contributed by atoms with Crippen molar-refractivity contribution in [3.05, 3.63) is 15.8 Å². The number of carbonyl (C=O) groups is 1. The molecule has 0 N–H and O–H groups in total. The molecule has 18 heavy (non-hydrogen) atoms. The molecule has 0 aliphatic carbocycles. The number of thiophene rings is 1. The lowest BCUT2D eigenvalue weighted by Crippen LogP contribution is -2.35. The maximum atomic E-state index is 11.9. The second kappa shape index (κ2) is 7.77. The van der Waals surface area contributed by atoms with Gasteiger partial charge in [-0.2, -0.15) is 0 Å². The van der Waals surface area contributed by atoms with Gasteiger partial charge in [0.1, 0.15) is 5.88 Å². The number of aryl methyl sites for hydroxylation is 2. The molecule has 1 aromatic heterocycles. The second-order valence-electron chi connectivity index (χ2n) is 4.11. The van der Waals surface area contributed by atoms with E-state index in [1.165, 1.54) is 0 Å². The third-order valence-electron chi connectivity index (χ3n) is 2.61. The highest BCUT2D eigenvalue weighted by Gasteiger charge is 2.19. The first kappa shape index (κ1) is 15.5. The Morgan fingerprint density at radius 1 is 1.44 bits per heavy atom. The van der Waals surface area contributed by atoms with Gasteiger partial charge in [-0.15, -0.1) is 22.9 Å². The molecule has 0 bridgehead atoms. The molecule has 1 heterocycles. The van der Waals surface area contributed by atoms with Gasteiger partial charge in [-0.1, -0.05) is 6.92 Å². The van der Waals surface area contributed by atoms with Gasteiger partial charge in [-0.25, -0.2) is 0 Å². The number of carbonyl (C=O) groups excluding carboxylic acids is 1. The topological polar surface area (TPSA) is 29.5 Å². The SMILES string of the molecule is CCCOCCN(C(=O)CCl)c1c(C)csc1C. The molecule has 1 rings (SSSR count). The van der Waals surface area contributed by atoms with Crippen molar-refractivity contribution < 1.29 is 9.53 Å². The van der Waals surface area contributed by atoms with E-state index in [-0.39, 0.29) is 11.8 Å². The number of nitrogens with zero attached hydrogens (tertiary/aromatic N) is 1. The normalized spacial score (nSPS) is 10.7. The molecule has 102 valence electrons. The fraction of sp³-hybridized carbons (Fsp3) is 0.615. The Hall–Kier alpha value is -0.580. The summed E-state index contributed by atoms with van der Waals surface area (Å²) < 4.78 is 5.45. The summed E-state index contributed by atoms with van der Waals surface area (Å²) in [5.41, 5.74) is 2.11. The van der Waals surface area contributed by atoms with Crippen molar-refractivity contribution >= 4 is 34.5 Å². The summed E-state index contributed by atoms with van der Waals surface area (Å²) in [6.45, 7) is 7.93. The van der Waals surface area contributed by atoms with Crippen LogP contribution in [0.15, 0.2) is 5.38 Å². The monoisotopic (exact) mass is 289 g/mol. The van der Waals surface area contributed by atoms with Crippen LogP contribution in [0.4, 0.5) is 5.69 Å². The second-order valence-corrected chi connectivity index (χ2v) is 5.47. The third-order valence-corrected chi connectivity index (χ3v) is 3.86. The van der Waals surface area contributed by atoms with E-state index in [9.17, 15) is 4.79 Å². The zero-order valence-electron chi connectivity index (χ0n) is 11.2. The molecular formula is C13H20ClNO2S. The Balaban J connectivity index is 2.76. The number of alkyl halides is 1. The minimum atomic E-state index is -0.0682. The van der Waals surface area contributed by atoms with Crippen molar-refractivity contribution in [3.8, 4) is 0 Å². The average molecular weight is 290 g/mol. The van der Waals surface area contributed by atoms with Crippen LogP contribution < -0.4 is 4.90 Å². The summed E-state index contributed by atoms with van der Waals surface area (Å²) in [4.78, 5) is 14.8. The molecular weight excluding hydrogens is 270 g/mol. The summed E-state index contributed by atoms with van der Waals surface area (Å²) >= 11 is 7.33. The number of hydrogen-bond donors (Lipinski definition) is 0. The first-order valence-corrected chi connectivity index (χ1v) is 7.52. The fourth-order valence-corrected chi connectivity index (χ4v) is 2.80. The van der Waals surface area contributed by atoms with Crippen LogP contribution in [-0.2, 0) is 9.53 Å². The van der Waals surface area contributed by atoms with Crippen LogP contribution in [0.3, 0.4) is 0 Å². The van der Waals surface area contributed by atoms with Crippen LogP contribution in [0.2, 0.25) is 0 Å². The quantitative estimate of drug-likeness (QED) is 0.569. The van der Waals surface area contributed by atoms with Crippen molar-refractivity contribution in [1.29, 1.82) is 0 Å². The summed E-state index contributed by atoms with van der Waals surface area (Å²) in [5.74, 6) is -0.0657. The molecule has 0 aliphatic rings. The van der Waals surface area contributed by atoms with E-state index in [1.807, 2.05) is 13.8 Å². The molecule has 0 fully saturated rings. The Kier molecular flexibility index (Phi) is 6.68. The highest BCUT2D eigenvalue weighted by atomic mass is 35.5. The van der Waals surface area contributed by atoms with Crippen molar-refractivity contribution in [2.75, 3.05) is 30.5 Å². The maximum absolute atomic E-state index is 11.9. The van der Waals surface area contributed by atoms with E-state index < -0.39 is 0 Å². The van der Waals surface area contributed by atoms with Gasteiger partial charge in [0.15, 0.2) is 0 Å². The number of ether oxygens (including phenoxy) is 1. The lowest BCUT2D eigenvalue weighted by molar-refractivity contribution is -0.116. The largest absolute Gasteiger partial charge is 0.380 e. The highest BCUT2D eigenvalue weighted by molar-refractivity contribution is 7.10. The summed E-state index contributed by atoms with van der Waals surface area (Å²) in [7, 11) is 0. The van der Waals surface area contributed by atoms with Crippen LogP contribution in [-0.4, -0.2) is 31.5 Å². The highest BCUT2D eigenvalue weighted by Crippen LogP contribution is 2.30. The van der Waals surface area contributed by atoms with Gasteiger partial charge in [0.25, 0.3) is 0 Å². The van der Waals surface area contributed by atoms with Gasteiger partial charge in [0.2, 0.25) is 5.91 Å². The molecule has 1 amide bonds. The minimum Gasteiger partial charge on any atom is -0.380 e. The molecule has 0 spiro atoms. The third kappa shape index (κ3) is 3.97. The predicted octanol–water partition coefficient (Wildman–Crippen LogP) is 3.36. The standard InChI is InChI=1S/C13H20ClNO2S/c1-4-6-17-7-5-15(12(16)8-14)13-10(2)9-18-11(13)3/h9H,4-8H2,1-3H3. The first-order valence-electron chi connectivity index (χ1n) is 6.10. The fourth-order valence-electron chi connectivity index (χ4n) is 1.80. The zero-order valence-corrected chi connectivity index (χ0v) is 12.7. The molecule has 0 saturated carbocycles. The van der Waals surface area contributed by atoms with E-state index in [4.69, 9.17) is 16.3 Å². The van der Waals surface area contributed by atoms with Crippen molar-refractivity contribution in [2.24, 2.45) is 0 Å². The molecule has 0 atom stereocenters. The Labute approximate surface area is 118 Å². The van der Waals surface area contributed by atoms with Gasteiger partial charge < -0.3 is 9.64 Å². The summed E-state index contributed by atoms with van der Waals surface area (Å²) in [6, 6.07) is 0. The average Bonchev–Trinajstić information content (AvgIpc) is 2.69. The smallest absolute Gasteiger partial charge is 0.242 e. The van der Waals surface area contributed by atoms with Crippen LogP contribution in [0, 0.1) is 13.8 Å². The Morgan fingerprint density at radius 2 is 2.17 bits per heavy atom. The van der Waals surface area contributed by atoms with E-state index in [2.05, 4.69) is 12.3 Å². The number of amides is 1. The summed E-state index contributed by atoms with van der Waals surface area (Å²) in [6.07, 6.45) is 0.986. The van der Waals surface area contributed by atoms with E-state index >= 15 is 0 Å². The van der Waals surface area contributed by atoms with Crippen LogP contribution in [0.25, 0.3) is 0 Å². The van der Waals surface area contributed by atoms with Gasteiger partial charge in [0.05, 0.1) is 12.3 Å². The van der Waals surface area contributed by atoms with Crippen LogP contribution in [0.1, 0.15) is 23.8 Å². The minimum absolute atomic E-state index is 0.00248. The lowest BCUT2D eigenvalue weighted by Gasteiger charge is -2.23. The van der Waals surface area contributed by atoms with Gasteiger partial charge in [0, 0.05) is 18.0 Å². The molecule has 1 aromatic rings. The molecule has 0 radical (unpaired) electrons. The predicted molar refractivity (Wildman–Crippen MR) is 78.0 cm³/mol.